The maximum absolute atomic E-state index is 12.2. The zero-order valence-electron chi connectivity index (χ0n) is 19.8. The van der Waals surface area contributed by atoms with E-state index in [2.05, 4.69) is 35.5 Å². The Morgan fingerprint density at radius 2 is 1.23 bits per heavy atom. The van der Waals surface area contributed by atoms with Gasteiger partial charge in [-0.05, 0) is 33.6 Å². The van der Waals surface area contributed by atoms with E-state index in [1.165, 1.54) is 0 Å². The highest BCUT2D eigenvalue weighted by Crippen LogP contribution is 2.22. The summed E-state index contributed by atoms with van der Waals surface area (Å²) in [4.78, 5) is 31.3. The van der Waals surface area contributed by atoms with Crippen molar-refractivity contribution in [1.82, 2.24) is 14.7 Å². The van der Waals surface area contributed by atoms with E-state index in [0.29, 0.717) is 44.0 Å². The van der Waals surface area contributed by atoms with Gasteiger partial charge < -0.3 is 14.2 Å². The molecule has 6 unspecified atom stereocenters. The highest BCUT2D eigenvalue weighted by molar-refractivity contribution is 5.70. The van der Waals surface area contributed by atoms with Crippen molar-refractivity contribution >= 4 is 11.9 Å². The van der Waals surface area contributed by atoms with Crippen LogP contribution >= 0.6 is 0 Å². The molecule has 3 fully saturated rings. The molecule has 3 aliphatic rings. The summed E-state index contributed by atoms with van der Waals surface area (Å²) in [6.07, 6.45) is 2.28. The second-order valence-electron chi connectivity index (χ2n) is 9.59. The van der Waals surface area contributed by atoms with E-state index >= 15 is 0 Å². The SMILES string of the molecule is CCC(COC(=O)CCN1CC1C)(COC(=O)CCN1CC1C)OCCCN1CC1C. The molecule has 3 aliphatic heterocycles. The number of esters is 2. The van der Waals surface area contributed by atoms with Crippen LogP contribution in [-0.2, 0) is 23.8 Å². The third kappa shape index (κ3) is 8.33. The Bertz CT molecular complexity index is 580. The van der Waals surface area contributed by atoms with Crippen molar-refractivity contribution in [2.45, 2.75) is 77.1 Å². The van der Waals surface area contributed by atoms with E-state index < -0.39 is 5.60 Å². The lowest BCUT2D eigenvalue weighted by Crippen LogP contribution is -2.44. The molecule has 0 N–H and O–H groups in total. The largest absolute Gasteiger partial charge is 0.462 e. The smallest absolute Gasteiger partial charge is 0.307 e. The predicted octanol–water partition coefficient (Wildman–Crippen LogP) is 1.52. The van der Waals surface area contributed by atoms with Crippen molar-refractivity contribution in [1.29, 1.82) is 0 Å². The first kappa shape index (κ1) is 24.4. The molecular weight excluding hydrogens is 398 g/mol. The van der Waals surface area contributed by atoms with Crippen molar-refractivity contribution < 1.29 is 23.8 Å². The van der Waals surface area contributed by atoms with E-state index in [1.54, 1.807) is 0 Å². The maximum Gasteiger partial charge on any atom is 0.307 e. The van der Waals surface area contributed by atoms with Gasteiger partial charge in [-0.2, -0.15) is 0 Å². The summed E-state index contributed by atoms with van der Waals surface area (Å²) in [5.74, 6) is -0.444. The van der Waals surface area contributed by atoms with Gasteiger partial charge in [-0.3, -0.25) is 24.3 Å². The quantitative estimate of drug-likeness (QED) is 0.204. The molecule has 0 aromatic carbocycles. The van der Waals surface area contributed by atoms with Gasteiger partial charge in [0.05, 0.1) is 12.8 Å². The average molecular weight is 440 g/mol. The molecular formula is C23H41N3O5. The Kier molecular flexibility index (Phi) is 8.73. The van der Waals surface area contributed by atoms with Crippen LogP contribution in [0.1, 0.15) is 53.4 Å². The van der Waals surface area contributed by atoms with Gasteiger partial charge in [0.2, 0.25) is 0 Å². The Morgan fingerprint density at radius 1 is 0.806 bits per heavy atom. The normalized spacial score (nSPS) is 32.8. The summed E-state index contributed by atoms with van der Waals surface area (Å²) in [6.45, 7) is 15.0. The molecule has 8 nitrogen and oxygen atoms in total. The number of nitrogens with zero attached hydrogens (tertiary/aromatic N) is 3. The number of rotatable bonds is 16. The van der Waals surface area contributed by atoms with E-state index in [9.17, 15) is 9.59 Å². The van der Waals surface area contributed by atoms with Crippen LogP contribution in [0.5, 0.6) is 0 Å². The Labute approximate surface area is 187 Å². The van der Waals surface area contributed by atoms with Crippen molar-refractivity contribution in [3.05, 3.63) is 0 Å². The van der Waals surface area contributed by atoms with Gasteiger partial charge in [0.25, 0.3) is 0 Å². The molecule has 0 aliphatic carbocycles. The fourth-order valence-electron chi connectivity index (χ4n) is 3.84. The Morgan fingerprint density at radius 3 is 1.61 bits per heavy atom. The summed E-state index contributed by atoms with van der Waals surface area (Å²) in [7, 11) is 0. The third-order valence-corrected chi connectivity index (χ3v) is 6.81. The molecule has 0 saturated carbocycles. The first-order chi connectivity index (χ1) is 14.8. The first-order valence-electron chi connectivity index (χ1n) is 12.0. The molecule has 178 valence electrons. The number of hydrogen-bond acceptors (Lipinski definition) is 8. The van der Waals surface area contributed by atoms with Gasteiger partial charge in [-0.25, -0.2) is 0 Å². The van der Waals surface area contributed by atoms with Crippen LogP contribution in [0.4, 0.5) is 0 Å². The van der Waals surface area contributed by atoms with Gasteiger partial charge in [0.15, 0.2) is 0 Å². The van der Waals surface area contributed by atoms with Crippen LogP contribution in [-0.4, -0.2) is 109 Å². The molecule has 0 amide bonds. The number of ether oxygens (including phenoxy) is 3. The van der Waals surface area contributed by atoms with Crippen LogP contribution in [0.2, 0.25) is 0 Å². The average Bonchev–Trinajstić information content (AvgIpc) is 3.69. The lowest BCUT2D eigenvalue weighted by atomic mass is 10.0. The molecule has 8 heteroatoms. The summed E-state index contributed by atoms with van der Waals surface area (Å²) in [5, 5.41) is 0. The number of hydrogen-bond donors (Lipinski definition) is 0. The molecule has 0 spiro atoms. The topological polar surface area (TPSA) is 70.9 Å². The Balaban J connectivity index is 1.42. The Hall–Kier alpha value is -1.22. The van der Waals surface area contributed by atoms with Gasteiger partial charge in [0.1, 0.15) is 18.8 Å². The number of carbonyl (C=O) groups is 2. The zero-order chi connectivity index (χ0) is 22.4. The van der Waals surface area contributed by atoms with E-state index in [0.717, 1.165) is 45.7 Å². The van der Waals surface area contributed by atoms with Gasteiger partial charge in [-0.1, -0.05) is 6.92 Å². The highest BCUT2D eigenvalue weighted by Gasteiger charge is 2.35. The van der Waals surface area contributed by atoms with Gasteiger partial charge >= 0.3 is 11.9 Å². The minimum Gasteiger partial charge on any atom is -0.462 e. The molecule has 0 aromatic heterocycles. The van der Waals surface area contributed by atoms with Crippen molar-refractivity contribution in [2.24, 2.45) is 0 Å². The lowest BCUT2D eigenvalue weighted by Gasteiger charge is -2.32. The molecule has 31 heavy (non-hydrogen) atoms. The maximum atomic E-state index is 12.2. The molecule has 3 rings (SSSR count). The van der Waals surface area contributed by atoms with Crippen LogP contribution in [0.25, 0.3) is 0 Å². The van der Waals surface area contributed by atoms with Crippen LogP contribution in [0, 0.1) is 0 Å². The number of carbonyl (C=O) groups excluding carboxylic acids is 2. The molecule has 6 atom stereocenters. The van der Waals surface area contributed by atoms with Gasteiger partial charge in [0, 0.05) is 64.0 Å². The minimum absolute atomic E-state index is 0.119. The summed E-state index contributed by atoms with van der Waals surface area (Å²) in [6, 6.07) is 1.82. The fraction of sp³-hybridized carbons (Fsp3) is 0.913. The van der Waals surface area contributed by atoms with Crippen LogP contribution in [0.15, 0.2) is 0 Å². The first-order valence-corrected chi connectivity index (χ1v) is 12.0. The second-order valence-corrected chi connectivity index (χ2v) is 9.59. The summed E-state index contributed by atoms with van der Waals surface area (Å²) < 4.78 is 17.3. The van der Waals surface area contributed by atoms with Crippen molar-refractivity contribution in [3.8, 4) is 0 Å². The zero-order valence-corrected chi connectivity index (χ0v) is 19.8. The van der Waals surface area contributed by atoms with E-state index in [1.807, 2.05) is 6.92 Å². The predicted molar refractivity (Wildman–Crippen MR) is 118 cm³/mol. The minimum atomic E-state index is -0.782. The monoisotopic (exact) mass is 439 g/mol. The summed E-state index contributed by atoms with van der Waals surface area (Å²) in [5.41, 5.74) is -0.782. The van der Waals surface area contributed by atoms with Crippen LogP contribution in [0.3, 0.4) is 0 Å². The third-order valence-electron chi connectivity index (χ3n) is 6.81. The van der Waals surface area contributed by atoms with Crippen molar-refractivity contribution in [3.63, 3.8) is 0 Å². The molecule has 0 bridgehead atoms. The van der Waals surface area contributed by atoms with Gasteiger partial charge in [-0.15, -0.1) is 0 Å². The standard InChI is InChI=1S/C23H41N3O5/c1-5-23(31-12-6-9-24-13-18(24)2,16-29-21(27)7-10-25-14-19(25)3)17-30-22(28)8-11-26-15-20(26)4/h18-20H,5-17H2,1-4H3. The molecule has 3 heterocycles. The fourth-order valence-corrected chi connectivity index (χ4v) is 3.84. The van der Waals surface area contributed by atoms with E-state index in [-0.39, 0.29) is 25.2 Å². The second kappa shape index (κ2) is 11.1. The van der Waals surface area contributed by atoms with Crippen molar-refractivity contribution in [2.75, 3.05) is 59.1 Å². The van der Waals surface area contributed by atoms with Crippen LogP contribution < -0.4 is 0 Å². The summed E-state index contributed by atoms with van der Waals surface area (Å²) >= 11 is 0. The molecule has 3 saturated heterocycles. The molecule has 0 aromatic rings. The molecule has 0 radical (unpaired) electrons. The van der Waals surface area contributed by atoms with E-state index in [4.69, 9.17) is 14.2 Å². The highest BCUT2D eigenvalue weighted by atomic mass is 16.6. The lowest BCUT2D eigenvalue weighted by molar-refractivity contribution is -0.173.